The highest BCUT2D eigenvalue weighted by atomic mass is 16.4. The number of hydrogen-bond acceptors (Lipinski definition) is 4. The first-order chi connectivity index (χ1) is 5.08. The number of nitrogens with zero attached hydrogens (tertiary/aromatic N) is 2. The zero-order chi connectivity index (χ0) is 8.91. The van der Waals surface area contributed by atoms with E-state index in [1.807, 2.05) is 20.8 Å². The molecule has 0 aliphatic heterocycles. The van der Waals surface area contributed by atoms with E-state index in [1.165, 1.54) is 0 Å². The fourth-order valence-corrected chi connectivity index (χ4v) is 0.572. The second kappa shape index (κ2) is 3.95. The highest BCUT2D eigenvalue weighted by molar-refractivity contribution is 6.32. The van der Waals surface area contributed by atoms with Gasteiger partial charge in [0.25, 0.3) is 0 Å². The van der Waals surface area contributed by atoms with Gasteiger partial charge in [-0.3, -0.25) is 0 Å². The smallest absolute Gasteiger partial charge is 0.107 e. The molecule has 0 aromatic heterocycles. The molecule has 2 N–H and O–H groups in total. The largest absolute Gasteiger partial charge is 0.411 e. The van der Waals surface area contributed by atoms with Crippen LogP contribution in [0.25, 0.3) is 0 Å². The van der Waals surface area contributed by atoms with E-state index >= 15 is 0 Å². The van der Waals surface area contributed by atoms with E-state index in [2.05, 4.69) is 10.3 Å². The summed E-state index contributed by atoms with van der Waals surface area (Å²) in [6.07, 6.45) is 1.96. The van der Waals surface area contributed by atoms with E-state index in [1.54, 1.807) is 0 Å². The van der Waals surface area contributed by atoms with Crippen LogP contribution >= 0.6 is 0 Å². The lowest BCUT2D eigenvalue weighted by Crippen LogP contribution is -2.24. The Labute approximate surface area is 66.2 Å². The monoisotopic (exact) mass is 158 g/mol. The number of hydrogen-bond donors (Lipinski definition) is 2. The molecular formula is C7H14N2O2. The molecule has 0 rings (SSSR count). The van der Waals surface area contributed by atoms with Gasteiger partial charge >= 0.3 is 0 Å². The normalized spacial score (nSPS) is 14.3. The average Bonchev–Trinajstić information content (AvgIpc) is 2.00. The van der Waals surface area contributed by atoms with Crippen molar-refractivity contribution in [1.29, 1.82) is 0 Å². The zero-order valence-electron chi connectivity index (χ0n) is 7.07. The molecule has 0 amide bonds. The van der Waals surface area contributed by atoms with E-state index in [9.17, 15) is 0 Å². The Bertz CT molecular complexity index is 173. The average molecular weight is 158 g/mol. The van der Waals surface area contributed by atoms with Crippen LogP contribution in [0.15, 0.2) is 10.3 Å². The van der Waals surface area contributed by atoms with E-state index in [0.29, 0.717) is 5.71 Å². The minimum Gasteiger partial charge on any atom is -0.411 e. The van der Waals surface area contributed by atoms with Gasteiger partial charge in [0.05, 0.1) is 6.21 Å². The van der Waals surface area contributed by atoms with E-state index in [0.717, 1.165) is 12.6 Å². The molecule has 11 heavy (non-hydrogen) atoms. The summed E-state index contributed by atoms with van der Waals surface area (Å²) in [6.45, 7) is 5.78. The summed E-state index contributed by atoms with van der Waals surface area (Å²) in [4.78, 5) is 0. The summed E-state index contributed by atoms with van der Waals surface area (Å²) in [5.41, 5.74) is 0.128. The summed E-state index contributed by atoms with van der Waals surface area (Å²) in [5.74, 6) is 0. The molecule has 0 aliphatic carbocycles. The van der Waals surface area contributed by atoms with Crippen LogP contribution in [0, 0.1) is 5.41 Å². The summed E-state index contributed by atoms with van der Waals surface area (Å²) in [6, 6.07) is 0. The molecule has 0 bridgehead atoms. The molecule has 0 fully saturated rings. The summed E-state index contributed by atoms with van der Waals surface area (Å²) < 4.78 is 0. The molecule has 0 unspecified atom stereocenters. The van der Waals surface area contributed by atoms with Crippen molar-refractivity contribution in [2.45, 2.75) is 27.2 Å². The van der Waals surface area contributed by atoms with Gasteiger partial charge in [-0.25, -0.2) is 0 Å². The second-order valence-electron chi connectivity index (χ2n) is 2.97. The highest BCUT2D eigenvalue weighted by Crippen LogP contribution is 2.20. The van der Waals surface area contributed by atoms with Crippen LogP contribution in [-0.4, -0.2) is 22.3 Å². The van der Waals surface area contributed by atoms with Gasteiger partial charge in [0.15, 0.2) is 0 Å². The van der Waals surface area contributed by atoms with Crippen LogP contribution in [0.2, 0.25) is 0 Å². The summed E-state index contributed by atoms with van der Waals surface area (Å²) >= 11 is 0. The van der Waals surface area contributed by atoms with E-state index < -0.39 is 0 Å². The third-order valence-electron chi connectivity index (χ3n) is 1.87. The lowest BCUT2D eigenvalue weighted by atomic mass is 9.85. The molecule has 0 radical (unpaired) electrons. The maximum Gasteiger partial charge on any atom is 0.107 e. The minimum atomic E-state index is -0.249. The van der Waals surface area contributed by atoms with Crippen LogP contribution in [0.5, 0.6) is 0 Å². The van der Waals surface area contributed by atoms with Crippen molar-refractivity contribution in [3.05, 3.63) is 0 Å². The molecule has 0 aliphatic rings. The Morgan fingerprint density at radius 1 is 1.45 bits per heavy atom. The van der Waals surface area contributed by atoms with Gasteiger partial charge in [-0.1, -0.05) is 31.1 Å². The maximum atomic E-state index is 8.51. The molecule has 0 aromatic rings. The van der Waals surface area contributed by atoms with Crippen LogP contribution in [0.1, 0.15) is 27.2 Å². The van der Waals surface area contributed by atoms with Crippen LogP contribution in [-0.2, 0) is 0 Å². The quantitative estimate of drug-likeness (QED) is 0.373. The molecule has 0 spiro atoms. The standard InChI is InChI=1S/C7H14N2O2/c1-4-7(2,3)6(9-11)5-8-10/h5,10-11H,4H2,1-3H3. The van der Waals surface area contributed by atoms with Crippen molar-refractivity contribution in [3.63, 3.8) is 0 Å². The summed E-state index contributed by atoms with van der Waals surface area (Å²) in [5, 5.41) is 22.5. The van der Waals surface area contributed by atoms with Crippen molar-refractivity contribution in [2.75, 3.05) is 0 Å². The van der Waals surface area contributed by atoms with Crippen LogP contribution in [0.4, 0.5) is 0 Å². The van der Waals surface area contributed by atoms with Gasteiger partial charge in [-0.05, 0) is 6.42 Å². The first-order valence-electron chi connectivity index (χ1n) is 3.48. The molecular weight excluding hydrogens is 144 g/mol. The predicted octanol–water partition coefficient (Wildman–Crippen LogP) is 1.71. The Morgan fingerprint density at radius 3 is 2.27 bits per heavy atom. The molecule has 0 saturated carbocycles. The second-order valence-corrected chi connectivity index (χ2v) is 2.97. The van der Waals surface area contributed by atoms with E-state index in [4.69, 9.17) is 10.4 Å². The van der Waals surface area contributed by atoms with Crippen molar-refractivity contribution in [3.8, 4) is 0 Å². The third kappa shape index (κ3) is 2.57. The molecule has 0 atom stereocenters. The minimum absolute atomic E-state index is 0.249. The van der Waals surface area contributed by atoms with Crippen molar-refractivity contribution >= 4 is 11.9 Å². The lowest BCUT2D eigenvalue weighted by molar-refractivity contribution is 0.307. The van der Waals surface area contributed by atoms with E-state index in [-0.39, 0.29) is 5.41 Å². The van der Waals surface area contributed by atoms with Gasteiger partial charge < -0.3 is 10.4 Å². The lowest BCUT2D eigenvalue weighted by Gasteiger charge is -2.20. The predicted molar refractivity (Wildman–Crippen MR) is 43.6 cm³/mol. The van der Waals surface area contributed by atoms with Gasteiger partial charge in [-0.2, -0.15) is 0 Å². The molecule has 0 aromatic carbocycles. The number of rotatable bonds is 3. The zero-order valence-corrected chi connectivity index (χ0v) is 7.07. The molecule has 0 heterocycles. The first-order valence-corrected chi connectivity index (χ1v) is 3.48. The Morgan fingerprint density at radius 2 is 2.00 bits per heavy atom. The Kier molecular flexibility index (Phi) is 3.57. The van der Waals surface area contributed by atoms with Gasteiger partial charge in [0, 0.05) is 5.41 Å². The molecule has 4 heteroatoms. The van der Waals surface area contributed by atoms with Crippen molar-refractivity contribution in [1.82, 2.24) is 0 Å². The van der Waals surface area contributed by atoms with Crippen molar-refractivity contribution < 1.29 is 10.4 Å². The van der Waals surface area contributed by atoms with Gasteiger partial charge in [0.1, 0.15) is 5.71 Å². The molecule has 0 saturated heterocycles. The topological polar surface area (TPSA) is 65.2 Å². The van der Waals surface area contributed by atoms with Crippen LogP contribution < -0.4 is 0 Å². The Hall–Kier alpha value is -1.06. The Balaban J connectivity index is 4.51. The maximum absolute atomic E-state index is 8.51. The summed E-state index contributed by atoms with van der Waals surface area (Å²) in [7, 11) is 0. The third-order valence-corrected chi connectivity index (χ3v) is 1.87. The van der Waals surface area contributed by atoms with Crippen LogP contribution in [0.3, 0.4) is 0 Å². The van der Waals surface area contributed by atoms with Gasteiger partial charge in [-0.15, -0.1) is 0 Å². The molecule has 64 valence electrons. The number of oxime groups is 2. The SMILES string of the molecule is CCC(C)(C)C(C=NO)=NO. The highest BCUT2D eigenvalue weighted by Gasteiger charge is 2.22. The fourth-order valence-electron chi connectivity index (χ4n) is 0.572. The first kappa shape index (κ1) is 9.94. The fraction of sp³-hybridized carbons (Fsp3) is 0.714. The van der Waals surface area contributed by atoms with Gasteiger partial charge in [0.2, 0.25) is 0 Å². The van der Waals surface area contributed by atoms with Crippen molar-refractivity contribution in [2.24, 2.45) is 15.7 Å². The molecule has 4 nitrogen and oxygen atoms in total.